The van der Waals surface area contributed by atoms with Crippen molar-refractivity contribution in [2.24, 2.45) is 7.05 Å². The Morgan fingerprint density at radius 3 is 2.74 bits per heavy atom. The zero-order valence-corrected chi connectivity index (χ0v) is 16.4. The van der Waals surface area contributed by atoms with E-state index in [1.807, 2.05) is 11.7 Å². The molecule has 1 N–H and O–H groups in total. The minimum atomic E-state index is -0.0270. The van der Waals surface area contributed by atoms with Crippen LogP contribution in [0.5, 0.6) is 0 Å². The number of aromatic nitrogens is 4. The number of nitrogens with zero attached hydrogens (tertiary/aromatic N) is 5. The third-order valence-corrected chi connectivity index (χ3v) is 5.84. The number of hydrogen-bond acceptors (Lipinski definition) is 5. The molecule has 0 radical (unpaired) electrons. The monoisotopic (exact) mass is 370 g/mol. The molecule has 146 valence electrons. The van der Waals surface area contributed by atoms with Gasteiger partial charge in [0.1, 0.15) is 0 Å². The molecule has 7 heteroatoms. The predicted molar refractivity (Wildman–Crippen MR) is 106 cm³/mol. The summed E-state index contributed by atoms with van der Waals surface area (Å²) in [6, 6.07) is 1.71. The van der Waals surface area contributed by atoms with Crippen molar-refractivity contribution in [2.45, 2.75) is 51.5 Å². The number of H-pyrrole nitrogens is 1. The molecule has 2 aromatic heterocycles. The predicted octanol–water partition coefficient (Wildman–Crippen LogP) is 2.18. The lowest BCUT2D eigenvalue weighted by Crippen LogP contribution is -2.36. The molecule has 0 saturated carbocycles. The van der Waals surface area contributed by atoms with E-state index in [-0.39, 0.29) is 5.56 Å². The van der Waals surface area contributed by atoms with Crippen LogP contribution in [0.3, 0.4) is 0 Å². The number of anilines is 1. The van der Waals surface area contributed by atoms with E-state index in [1.54, 1.807) is 6.07 Å². The molecule has 27 heavy (non-hydrogen) atoms. The van der Waals surface area contributed by atoms with Crippen molar-refractivity contribution in [1.29, 1.82) is 0 Å². The fourth-order valence-corrected chi connectivity index (χ4v) is 4.41. The van der Waals surface area contributed by atoms with Gasteiger partial charge in [-0.1, -0.05) is 0 Å². The van der Waals surface area contributed by atoms with Crippen molar-refractivity contribution in [2.75, 3.05) is 31.1 Å². The van der Waals surface area contributed by atoms with Gasteiger partial charge in [-0.05, 0) is 45.6 Å². The summed E-state index contributed by atoms with van der Waals surface area (Å²) in [5.74, 6) is 1.08. The van der Waals surface area contributed by atoms with E-state index in [0.717, 1.165) is 62.9 Å². The lowest BCUT2D eigenvalue weighted by atomic mass is 9.94. The molecule has 1 atom stereocenters. The topological polar surface area (TPSA) is 70.1 Å². The minimum Gasteiger partial charge on any atom is -0.342 e. The minimum absolute atomic E-state index is 0.0270. The standard InChI is InChI=1S/C20H30N6O/c1-15-17(12-24(2)23-15)14-25-8-6-7-16(13-25)18-11-19(27)22-20(21-18)26-9-4-3-5-10-26/h11-12,16H,3-10,13-14H2,1-2H3,(H,21,22,27)/t16-/m1/s1. The van der Waals surface area contributed by atoms with Gasteiger partial charge in [0.25, 0.3) is 5.56 Å². The molecule has 2 saturated heterocycles. The highest BCUT2D eigenvalue weighted by molar-refractivity contribution is 5.31. The summed E-state index contributed by atoms with van der Waals surface area (Å²) >= 11 is 0. The molecule has 0 spiro atoms. The molecule has 2 aliphatic rings. The first-order valence-corrected chi connectivity index (χ1v) is 10.2. The van der Waals surface area contributed by atoms with Crippen LogP contribution in [-0.2, 0) is 13.6 Å². The Bertz CT molecular complexity index is 835. The normalized spacial score (nSPS) is 21.6. The molecule has 2 fully saturated rings. The third kappa shape index (κ3) is 4.24. The molecule has 0 unspecified atom stereocenters. The summed E-state index contributed by atoms with van der Waals surface area (Å²) in [7, 11) is 1.97. The highest BCUT2D eigenvalue weighted by Crippen LogP contribution is 2.27. The summed E-state index contributed by atoms with van der Waals surface area (Å²) < 4.78 is 1.88. The maximum atomic E-state index is 12.3. The first-order chi connectivity index (χ1) is 13.1. The molecule has 2 aromatic rings. The third-order valence-electron chi connectivity index (χ3n) is 5.84. The Hall–Kier alpha value is -2.15. The van der Waals surface area contributed by atoms with Crippen molar-refractivity contribution in [1.82, 2.24) is 24.6 Å². The van der Waals surface area contributed by atoms with Gasteiger partial charge in [-0.25, -0.2) is 4.98 Å². The van der Waals surface area contributed by atoms with Gasteiger partial charge in [-0.3, -0.25) is 19.4 Å². The highest BCUT2D eigenvalue weighted by atomic mass is 16.1. The molecule has 0 aliphatic carbocycles. The van der Waals surface area contributed by atoms with Crippen molar-refractivity contribution in [3.63, 3.8) is 0 Å². The van der Waals surface area contributed by atoms with Gasteiger partial charge in [0.2, 0.25) is 5.95 Å². The first kappa shape index (κ1) is 18.2. The van der Waals surface area contributed by atoms with Crippen LogP contribution >= 0.6 is 0 Å². The van der Waals surface area contributed by atoms with E-state index in [9.17, 15) is 4.79 Å². The molecular formula is C20H30N6O. The molecule has 0 aromatic carbocycles. The summed E-state index contributed by atoms with van der Waals surface area (Å²) in [6.45, 7) is 7.00. The van der Waals surface area contributed by atoms with Gasteiger partial charge < -0.3 is 4.90 Å². The maximum Gasteiger partial charge on any atom is 0.252 e. The molecule has 2 aliphatic heterocycles. The number of rotatable bonds is 4. The zero-order chi connectivity index (χ0) is 18.8. The van der Waals surface area contributed by atoms with Crippen LogP contribution in [0.4, 0.5) is 5.95 Å². The number of aryl methyl sites for hydroxylation is 2. The number of likely N-dealkylation sites (tertiary alicyclic amines) is 1. The molecule has 0 bridgehead atoms. The number of piperidine rings is 2. The quantitative estimate of drug-likeness (QED) is 0.893. The van der Waals surface area contributed by atoms with Crippen molar-refractivity contribution >= 4 is 5.95 Å². The lowest BCUT2D eigenvalue weighted by Gasteiger charge is -2.33. The van der Waals surface area contributed by atoms with Crippen LogP contribution in [0.1, 0.15) is 55.0 Å². The summed E-state index contributed by atoms with van der Waals surface area (Å²) in [6.07, 6.45) is 7.96. The van der Waals surface area contributed by atoms with Crippen LogP contribution < -0.4 is 10.5 Å². The number of hydrogen-bond donors (Lipinski definition) is 1. The second kappa shape index (κ2) is 7.84. The Morgan fingerprint density at radius 2 is 2.00 bits per heavy atom. The van der Waals surface area contributed by atoms with Gasteiger partial charge >= 0.3 is 0 Å². The summed E-state index contributed by atoms with van der Waals surface area (Å²) in [5.41, 5.74) is 3.31. The smallest absolute Gasteiger partial charge is 0.252 e. The van der Waals surface area contributed by atoms with Crippen LogP contribution in [0.15, 0.2) is 17.1 Å². The largest absolute Gasteiger partial charge is 0.342 e. The van der Waals surface area contributed by atoms with Gasteiger partial charge in [0, 0.05) is 57.0 Å². The van der Waals surface area contributed by atoms with E-state index in [2.05, 4.69) is 33.0 Å². The van der Waals surface area contributed by atoms with Crippen LogP contribution in [0.2, 0.25) is 0 Å². The first-order valence-electron chi connectivity index (χ1n) is 10.2. The fourth-order valence-electron chi connectivity index (χ4n) is 4.41. The average Bonchev–Trinajstić information content (AvgIpc) is 2.99. The SMILES string of the molecule is Cc1nn(C)cc1CN1CCC[C@@H](c2cc(=O)[nH]c(N3CCCCC3)n2)C1. The van der Waals surface area contributed by atoms with E-state index in [0.29, 0.717) is 5.92 Å². The van der Waals surface area contributed by atoms with E-state index in [4.69, 9.17) is 4.98 Å². The average molecular weight is 371 g/mol. The van der Waals surface area contributed by atoms with Crippen molar-refractivity contribution < 1.29 is 0 Å². The van der Waals surface area contributed by atoms with Gasteiger partial charge in [-0.2, -0.15) is 5.10 Å². The number of nitrogens with one attached hydrogen (secondary N) is 1. The fraction of sp³-hybridized carbons (Fsp3) is 0.650. The van der Waals surface area contributed by atoms with Crippen LogP contribution in [0, 0.1) is 6.92 Å². The van der Waals surface area contributed by atoms with E-state index < -0.39 is 0 Å². The van der Waals surface area contributed by atoms with Crippen LogP contribution in [-0.4, -0.2) is 50.8 Å². The van der Waals surface area contributed by atoms with E-state index >= 15 is 0 Å². The summed E-state index contributed by atoms with van der Waals surface area (Å²) in [5, 5.41) is 4.46. The second-order valence-corrected chi connectivity index (χ2v) is 8.03. The van der Waals surface area contributed by atoms with Crippen molar-refractivity contribution in [3.8, 4) is 0 Å². The molecule has 4 rings (SSSR count). The van der Waals surface area contributed by atoms with Gasteiger partial charge in [0.05, 0.1) is 11.4 Å². The Balaban J connectivity index is 1.49. The van der Waals surface area contributed by atoms with Gasteiger partial charge in [-0.15, -0.1) is 0 Å². The molecular weight excluding hydrogens is 340 g/mol. The molecule has 0 amide bonds. The molecule has 4 heterocycles. The summed E-state index contributed by atoms with van der Waals surface area (Å²) in [4.78, 5) is 24.8. The Kier molecular flexibility index (Phi) is 5.29. The lowest BCUT2D eigenvalue weighted by molar-refractivity contribution is 0.198. The Labute approximate surface area is 160 Å². The van der Waals surface area contributed by atoms with Crippen LogP contribution in [0.25, 0.3) is 0 Å². The Morgan fingerprint density at radius 1 is 1.19 bits per heavy atom. The zero-order valence-electron chi connectivity index (χ0n) is 16.4. The number of aromatic amines is 1. The van der Waals surface area contributed by atoms with Gasteiger partial charge in [0.15, 0.2) is 0 Å². The van der Waals surface area contributed by atoms with E-state index in [1.165, 1.54) is 24.8 Å². The molecule has 7 nitrogen and oxygen atoms in total. The maximum absolute atomic E-state index is 12.3. The second-order valence-electron chi connectivity index (χ2n) is 8.03. The highest BCUT2D eigenvalue weighted by Gasteiger charge is 2.25. The van der Waals surface area contributed by atoms with Crippen molar-refractivity contribution in [3.05, 3.63) is 39.6 Å².